The Morgan fingerprint density at radius 3 is 2.16 bits per heavy atom. The second kappa shape index (κ2) is 7.60. The van der Waals surface area contributed by atoms with Gasteiger partial charge in [-0.15, -0.1) is 0 Å². The Balaban J connectivity index is 4.16. The fourth-order valence-electron chi connectivity index (χ4n) is 1.33. The average Bonchev–Trinajstić information content (AvgIpc) is 2.19. The van der Waals surface area contributed by atoms with Crippen LogP contribution in [0, 0.1) is 0 Å². The van der Waals surface area contributed by atoms with E-state index in [4.69, 9.17) is 14.9 Å². The second-order valence-electron chi connectivity index (χ2n) is 5.18. The number of unbranched alkanes of at least 4 members (excludes halogenated alkanes) is 1. The number of carboxylic acids is 2. The highest BCUT2D eigenvalue weighted by Crippen LogP contribution is 2.09. The van der Waals surface area contributed by atoms with Crippen molar-refractivity contribution in [3.05, 3.63) is 0 Å². The number of amides is 1. The van der Waals surface area contributed by atoms with Crippen LogP contribution in [0.2, 0.25) is 0 Å². The monoisotopic (exact) mass is 275 g/mol. The molecule has 0 aromatic heterocycles. The first-order valence-electron chi connectivity index (χ1n) is 6.06. The number of ether oxygens (including phenoxy) is 1. The Labute approximate surface area is 111 Å². The molecular weight excluding hydrogens is 254 g/mol. The molecule has 0 aromatic rings. The van der Waals surface area contributed by atoms with Gasteiger partial charge < -0.3 is 20.3 Å². The third-order valence-electron chi connectivity index (χ3n) is 2.12. The van der Waals surface area contributed by atoms with Crippen LogP contribution in [-0.4, -0.2) is 39.9 Å². The molecule has 1 amide bonds. The minimum atomic E-state index is -1.17. The molecule has 0 radical (unpaired) electrons. The number of carboxylic acid groups (broad SMARTS) is 2. The molecule has 0 spiro atoms. The van der Waals surface area contributed by atoms with Gasteiger partial charge in [0.1, 0.15) is 11.6 Å². The lowest BCUT2D eigenvalue weighted by Crippen LogP contribution is -2.43. The van der Waals surface area contributed by atoms with Crippen LogP contribution in [0.3, 0.4) is 0 Å². The van der Waals surface area contributed by atoms with Gasteiger partial charge in [-0.3, -0.25) is 4.79 Å². The van der Waals surface area contributed by atoms with Gasteiger partial charge in [-0.2, -0.15) is 0 Å². The maximum Gasteiger partial charge on any atom is 0.408 e. The Morgan fingerprint density at radius 2 is 1.74 bits per heavy atom. The number of aliphatic carboxylic acids is 2. The van der Waals surface area contributed by atoms with E-state index in [0.29, 0.717) is 12.8 Å². The minimum Gasteiger partial charge on any atom is -0.481 e. The van der Waals surface area contributed by atoms with Crippen LogP contribution < -0.4 is 5.32 Å². The van der Waals surface area contributed by atoms with E-state index in [9.17, 15) is 14.4 Å². The van der Waals surface area contributed by atoms with E-state index < -0.39 is 29.7 Å². The Morgan fingerprint density at radius 1 is 1.16 bits per heavy atom. The Bertz CT molecular complexity index is 334. The van der Waals surface area contributed by atoms with E-state index in [1.165, 1.54) is 0 Å². The quantitative estimate of drug-likeness (QED) is 0.608. The number of rotatable bonds is 7. The summed E-state index contributed by atoms with van der Waals surface area (Å²) >= 11 is 0. The van der Waals surface area contributed by atoms with E-state index in [1.54, 1.807) is 20.8 Å². The maximum atomic E-state index is 11.4. The fourth-order valence-corrected chi connectivity index (χ4v) is 1.33. The van der Waals surface area contributed by atoms with E-state index in [2.05, 4.69) is 5.32 Å². The molecule has 0 aliphatic rings. The van der Waals surface area contributed by atoms with Gasteiger partial charge >= 0.3 is 18.0 Å². The summed E-state index contributed by atoms with van der Waals surface area (Å²) in [5.41, 5.74) is -0.698. The van der Waals surface area contributed by atoms with Gasteiger partial charge in [0, 0.05) is 6.42 Å². The molecule has 3 N–H and O–H groups in total. The number of alkyl carbamates (subject to hydrolysis) is 1. The molecule has 0 saturated carbocycles. The van der Waals surface area contributed by atoms with Crippen molar-refractivity contribution in [1.29, 1.82) is 0 Å². The first-order valence-corrected chi connectivity index (χ1v) is 6.06. The predicted octanol–water partition coefficient (Wildman–Crippen LogP) is 1.61. The number of hydrogen-bond acceptors (Lipinski definition) is 4. The third-order valence-corrected chi connectivity index (χ3v) is 2.12. The van der Waals surface area contributed by atoms with Crippen LogP contribution in [0.25, 0.3) is 0 Å². The van der Waals surface area contributed by atoms with E-state index in [1.807, 2.05) is 0 Å². The average molecular weight is 275 g/mol. The van der Waals surface area contributed by atoms with Crippen molar-refractivity contribution in [1.82, 2.24) is 5.32 Å². The molecule has 0 fully saturated rings. The highest BCUT2D eigenvalue weighted by Gasteiger charge is 2.23. The fraction of sp³-hybridized carbons (Fsp3) is 0.750. The second-order valence-corrected chi connectivity index (χ2v) is 5.18. The normalized spacial score (nSPS) is 12.6. The Hall–Kier alpha value is -1.79. The number of carbonyl (C=O) groups excluding carboxylic acids is 1. The summed E-state index contributed by atoms with van der Waals surface area (Å²) in [6.45, 7) is 5.03. The summed E-state index contributed by atoms with van der Waals surface area (Å²) in [4.78, 5) is 32.7. The molecular formula is C12H21NO6. The topological polar surface area (TPSA) is 113 Å². The smallest absolute Gasteiger partial charge is 0.408 e. The van der Waals surface area contributed by atoms with Gasteiger partial charge in [0.2, 0.25) is 0 Å². The standard InChI is InChI=1S/C12H21NO6/c1-12(2,3)19-11(18)13-8(10(16)17)6-4-5-7-9(14)15/h8H,4-7H2,1-3H3,(H,13,18)(H,14,15)(H,16,17)/t8-/m1/s1. The van der Waals surface area contributed by atoms with Crippen molar-refractivity contribution >= 4 is 18.0 Å². The van der Waals surface area contributed by atoms with Crippen LogP contribution in [0.5, 0.6) is 0 Å². The molecule has 0 bridgehead atoms. The molecule has 19 heavy (non-hydrogen) atoms. The Kier molecular flexibility index (Phi) is 6.89. The van der Waals surface area contributed by atoms with Crippen LogP contribution in [0.4, 0.5) is 4.79 Å². The van der Waals surface area contributed by atoms with Gasteiger partial charge in [0.05, 0.1) is 0 Å². The molecule has 1 atom stereocenters. The van der Waals surface area contributed by atoms with Gasteiger partial charge in [-0.05, 0) is 33.6 Å². The minimum absolute atomic E-state index is 0.0151. The molecule has 7 nitrogen and oxygen atoms in total. The maximum absolute atomic E-state index is 11.4. The lowest BCUT2D eigenvalue weighted by atomic mass is 10.1. The van der Waals surface area contributed by atoms with Gasteiger partial charge in [0.15, 0.2) is 0 Å². The SMILES string of the molecule is CC(C)(C)OC(=O)N[C@H](CCCCC(=O)O)C(=O)O. The van der Waals surface area contributed by atoms with Gasteiger partial charge in [-0.25, -0.2) is 9.59 Å². The summed E-state index contributed by atoms with van der Waals surface area (Å²) < 4.78 is 4.96. The predicted molar refractivity (Wildman–Crippen MR) is 66.9 cm³/mol. The molecule has 0 aliphatic carbocycles. The van der Waals surface area contributed by atoms with Gasteiger partial charge in [-0.1, -0.05) is 6.42 Å². The molecule has 110 valence electrons. The molecule has 7 heteroatoms. The van der Waals surface area contributed by atoms with Crippen LogP contribution in [0.1, 0.15) is 46.5 Å². The summed E-state index contributed by atoms with van der Waals surface area (Å²) in [7, 11) is 0. The zero-order valence-corrected chi connectivity index (χ0v) is 11.4. The zero-order chi connectivity index (χ0) is 15.1. The first kappa shape index (κ1) is 17.2. The third kappa shape index (κ3) is 9.87. The lowest BCUT2D eigenvalue weighted by molar-refractivity contribution is -0.139. The van der Waals surface area contributed by atoms with Crippen molar-refractivity contribution in [2.24, 2.45) is 0 Å². The number of nitrogens with one attached hydrogen (secondary N) is 1. The van der Waals surface area contributed by atoms with E-state index >= 15 is 0 Å². The number of carbonyl (C=O) groups is 3. The van der Waals surface area contributed by atoms with Crippen molar-refractivity contribution in [3.8, 4) is 0 Å². The van der Waals surface area contributed by atoms with E-state index in [-0.39, 0.29) is 12.8 Å². The molecule has 0 unspecified atom stereocenters. The molecule has 0 aromatic carbocycles. The number of hydrogen-bond donors (Lipinski definition) is 3. The molecule has 0 heterocycles. The zero-order valence-electron chi connectivity index (χ0n) is 11.4. The van der Waals surface area contributed by atoms with Crippen molar-refractivity contribution in [2.45, 2.75) is 58.1 Å². The summed E-state index contributed by atoms with van der Waals surface area (Å²) in [6, 6.07) is -1.07. The van der Waals surface area contributed by atoms with Crippen molar-refractivity contribution < 1.29 is 29.3 Å². The highest BCUT2D eigenvalue weighted by molar-refractivity contribution is 5.79. The van der Waals surface area contributed by atoms with Crippen LogP contribution in [0.15, 0.2) is 0 Å². The van der Waals surface area contributed by atoms with Gasteiger partial charge in [0.25, 0.3) is 0 Å². The molecule has 0 rings (SSSR count). The van der Waals surface area contributed by atoms with Crippen LogP contribution >= 0.6 is 0 Å². The molecule has 0 aliphatic heterocycles. The highest BCUT2D eigenvalue weighted by atomic mass is 16.6. The summed E-state index contributed by atoms with van der Waals surface area (Å²) in [6.07, 6.45) is 0.132. The first-order chi connectivity index (χ1) is 8.61. The largest absolute Gasteiger partial charge is 0.481 e. The summed E-state index contributed by atoms with van der Waals surface area (Å²) in [5.74, 6) is -2.09. The lowest BCUT2D eigenvalue weighted by Gasteiger charge is -2.21. The van der Waals surface area contributed by atoms with E-state index in [0.717, 1.165) is 0 Å². The van der Waals surface area contributed by atoms with Crippen molar-refractivity contribution in [2.75, 3.05) is 0 Å². The van der Waals surface area contributed by atoms with Crippen LogP contribution in [-0.2, 0) is 14.3 Å². The molecule has 0 saturated heterocycles. The van der Waals surface area contributed by atoms with Crippen molar-refractivity contribution in [3.63, 3.8) is 0 Å². The summed E-state index contributed by atoms with van der Waals surface area (Å²) in [5, 5.41) is 19.7.